The van der Waals surface area contributed by atoms with Crippen LogP contribution in [0.15, 0.2) is 72.8 Å². The molecule has 3 aromatic carbocycles. The van der Waals surface area contributed by atoms with E-state index in [-0.39, 0.29) is 17.3 Å². The van der Waals surface area contributed by atoms with Gasteiger partial charge in [-0.2, -0.15) is 0 Å². The molecule has 3 heteroatoms. The summed E-state index contributed by atoms with van der Waals surface area (Å²) in [5.41, 5.74) is 1.96. The van der Waals surface area contributed by atoms with Crippen molar-refractivity contribution in [1.29, 1.82) is 0 Å². The number of fused-ring (bicyclic) bond motifs is 1. The smallest absolute Gasteiger partial charge is 0.162 e. The number of ketones is 1. The molecule has 130 valence electrons. The Morgan fingerprint density at radius 2 is 1.08 bits per heavy atom. The molecule has 1 aliphatic rings. The zero-order valence-electron chi connectivity index (χ0n) is 14.7. The third kappa shape index (κ3) is 2.03. The Kier molecular flexibility index (Phi) is 3.45. The average Bonchev–Trinajstić information content (AvgIpc) is 2.82. The molecule has 2 N–H and O–H groups in total. The van der Waals surface area contributed by atoms with Crippen LogP contribution in [0.1, 0.15) is 36.1 Å². The van der Waals surface area contributed by atoms with Crippen LogP contribution in [0, 0.1) is 0 Å². The van der Waals surface area contributed by atoms with Gasteiger partial charge in [0.15, 0.2) is 5.78 Å². The van der Waals surface area contributed by atoms with Crippen molar-refractivity contribution in [3.8, 4) is 11.5 Å². The lowest BCUT2D eigenvalue weighted by molar-refractivity contribution is -0.125. The first-order valence-electron chi connectivity index (χ1n) is 8.62. The topological polar surface area (TPSA) is 57.5 Å². The van der Waals surface area contributed by atoms with Gasteiger partial charge in [-0.15, -0.1) is 0 Å². The molecule has 1 aliphatic carbocycles. The van der Waals surface area contributed by atoms with Gasteiger partial charge in [-0.25, -0.2) is 0 Å². The molecule has 0 spiro atoms. The molecule has 26 heavy (non-hydrogen) atoms. The third-order valence-corrected chi connectivity index (χ3v) is 5.51. The molecular formula is C23H20O3. The van der Waals surface area contributed by atoms with Crippen LogP contribution in [0.25, 0.3) is 0 Å². The number of hydrogen-bond acceptors (Lipinski definition) is 3. The fraction of sp³-hybridized carbons (Fsp3) is 0.174. The van der Waals surface area contributed by atoms with Crippen LogP contribution in [-0.2, 0) is 15.6 Å². The summed E-state index contributed by atoms with van der Waals surface area (Å²) in [5, 5.41) is 19.5. The minimum atomic E-state index is -0.971. The Balaban J connectivity index is 2.12. The van der Waals surface area contributed by atoms with E-state index in [0.29, 0.717) is 0 Å². The SMILES string of the molecule is CC1(C)C(=O)C(c2ccc(O)cc2)(c2ccc(O)cc2)c2ccccc21. The number of Topliss-reactive ketones (excluding diaryl/α,β-unsaturated/α-hetero) is 1. The molecule has 0 saturated heterocycles. The number of carbonyl (C=O) groups excluding carboxylic acids is 1. The maximum absolute atomic E-state index is 13.9. The van der Waals surface area contributed by atoms with E-state index < -0.39 is 10.8 Å². The second-order valence-electron chi connectivity index (χ2n) is 7.34. The molecular weight excluding hydrogens is 324 g/mol. The van der Waals surface area contributed by atoms with Crippen molar-refractivity contribution >= 4 is 5.78 Å². The van der Waals surface area contributed by atoms with Crippen LogP contribution in [-0.4, -0.2) is 16.0 Å². The van der Waals surface area contributed by atoms with Crippen molar-refractivity contribution in [2.75, 3.05) is 0 Å². The van der Waals surface area contributed by atoms with Gasteiger partial charge in [0.05, 0.1) is 5.41 Å². The molecule has 0 unspecified atom stereocenters. The lowest BCUT2D eigenvalue weighted by Gasteiger charge is -2.32. The van der Waals surface area contributed by atoms with Crippen molar-refractivity contribution in [2.45, 2.75) is 24.7 Å². The van der Waals surface area contributed by atoms with Crippen molar-refractivity contribution in [1.82, 2.24) is 0 Å². The number of phenolic OH excluding ortho intramolecular Hbond substituents is 2. The number of aromatic hydroxyl groups is 2. The highest BCUT2D eigenvalue weighted by Crippen LogP contribution is 2.53. The van der Waals surface area contributed by atoms with Gasteiger partial charge in [0.1, 0.15) is 16.9 Å². The summed E-state index contributed by atoms with van der Waals surface area (Å²) in [6, 6.07) is 21.6. The van der Waals surface area contributed by atoms with Crippen molar-refractivity contribution in [3.05, 3.63) is 95.1 Å². The summed E-state index contributed by atoms with van der Waals surface area (Å²) in [6.07, 6.45) is 0. The van der Waals surface area contributed by atoms with E-state index in [0.717, 1.165) is 22.3 Å². The molecule has 3 nitrogen and oxygen atoms in total. The van der Waals surface area contributed by atoms with Gasteiger partial charge in [-0.1, -0.05) is 48.5 Å². The quantitative estimate of drug-likeness (QED) is 0.729. The van der Waals surface area contributed by atoms with Crippen LogP contribution in [0.5, 0.6) is 11.5 Å². The first-order valence-corrected chi connectivity index (χ1v) is 8.62. The van der Waals surface area contributed by atoms with Gasteiger partial charge in [0, 0.05) is 0 Å². The van der Waals surface area contributed by atoms with E-state index in [2.05, 4.69) is 0 Å². The number of hydrogen-bond donors (Lipinski definition) is 2. The Morgan fingerprint density at radius 1 is 0.654 bits per heavy atom. The van der Waals surface area contributed by atoms with E-state index in [9.17, 15) is 15.0 Å². The molecule has 0 atom stereocenters. The van der Waals surface area contributed by atoms with Gasteiger partial charge >= 0.3 is 0 Å². The molecule has 0 fully saturated rings. The Hall–Kier alpha value is -3.07. The summed E-state index contributed by atoms with van der Waals surface area (Å²) < 4.78 is 0. The van der Waals surface area contributed by atoms with Crippen molar-refractivity contribution in [3.63, 3.8) is 0 Å². The average molecular weight is 344 g/mol. The van der Waals surface area contributed by atoms with E-state index >= 15 is 0 Å². The van der Waals surface area contributed by atoms with Gasteiger partial charge < -0.3 is 10.2 Å². The Morgan fingerprint density at radius 3 is 1.54 bits per heavy atom. The monoisotopic (exact) mass is 344 g/mol. The number of phenols is 2. The number of benzene rings is 3. The summed E-state index contributed by atoms with van der Waals surface area (Å²) in [7, 11) is 0. The van der Waals surface area contributed by atoms with E-state index in [1.54, 1.807) is 48.5 Å². The second-order valence-corrected chi connectivity index (χ2v) is 7.34. The maximum Gasteiger partial charge on any atom is 0.162 e. The highest BCUT2D eigenvalue weighted by atomic mass is 16.3. The standard InChI is InChI=1S/C23H20O3/c1-22(2)19-5-3-4-6-20(19)23(21(22)26,15-7-11-17(24)12-8-15)16-9-13-18(25)14-10-16/h3-14,24-25H,1-2H3. The highest BCUT2D eigenvalue weighted by molar-refractivity contribution is 6.08. The minimum Gasteiger partial charge on any atom is -0.508 e. The Bertz CT molecular complexity index is 937. The molecule has 0 heterocycles. The van der Waals surface area contributed by atoms with Crippen molar-refractivity contribution in [2.24, 2.45) is 0 Å². The number of rotatable bonds is 2. The molecule has 0 aromatic heterocycles. The molecule has 0 bridgehead atoms. The second kappa shape index (κ2) is 5.46. The van der Waals surface area contributed by atoms with Crippen LogP contribution in [0.2, 0.25) is 0 Å². The van der Waals surface area contributed by atoms with Crippen LogP contribution >= 0.6 is 0 Å². The summed E-state index contributed by atoms with van der Waals surface area (Å²) in [5.74, 6) is 0.405. The summed E-state index contributed by atoms with van der Waals surface area (Å²) >= 11 is 0. The van der Waals surface area contributed by atoms with E-state index in [1.165, 1.54) is 0 Å². The molecule has 3 aromatic rings. The summed E-state index contributed by atoms with van der Waals surface area (Å²) in [6.45, 7) is 3.91. The van der Waals surface area contributed by atoms with Crippen LogP contribution in [0.3, 0.4) is 0 Å². The third-order valence-electron chi connectivity index (χ3n) is 5.51. The predicted molar refractivity (Wildman–Crippen MR) is 101 cm³/mol. The van der Waals surface area contributed by atoms with Crippen molar-refractivity contribution < 1.29 is 15.0 Å². The fourth-order valence-electron chi connectivity index (χ4n) is 4.23. The van der Waals surface area contributed by atoms with E-state index in [4.69, 9.17) is 0 Å². The fourth-order valence-corrected chi connectivity index (χ4v) is 4.23. The Labute approximate surface area is 152 Å². The van der Waals surface area contributed by atoms with Gasteiger partial charge in [0.2, 0.25) is 0 Å². The highest BCUT2D eigenvalue weighted by Gasteiger charge is 2.57. The normalized spacial score (nSPS) is 17.1. The lowest BCUT2D eigenvalue weighted by atomic mass is 9.67. The molecule has 0 saturated carbocycles. The molecule has 0 aliphatic heterocycles. The molecule has 0 amide bonds. The first kappa shape index (κ1) is 16.4. The van der Waals surface area contributed by atoms with E-state index in [1.807, 2.05) is 38.1 Å². The summed E-state index contributed by atoms with van der Waals surface area (Å²) in [4.78, 5) is 13.9. The van der Waals surface area contributed by atoms with Crippen LogP contribution in [0.4, 0.5) is 0 Å². The van der Waals surface area contributed by atoms with Gasteiger partial charge in [-0.05, 0) is 60.4 Å². The predicted octanol–water partition coefficient (Wildman–Crippen LogP) is 4.29. The number of carbonyl (C=O) groups is 1. The minimum absolute atomic E-state index is 0.0857. The van der Waals surface area contributed by atoms with Gasteiger partial charge in [0.25, 0.3) is 0 Å². The maximum atomic E-state index is 13.9. The molecule has 4 rings (SSSR count). The first-order chi connectivity index (χ1) is 12.4. The lowest BCUT2D eigenvalue weighted by Crippen LogP contribution is -2.40. The molecule has 0 radical (unpaired) electrons. The zero-order chi connectivity index (χ0) is 18.5. The van der Waals surface area contributed by atoms with Crippen LogP contribution < -0.4 is 0 Å². The van der Waals surface area contributed by atoms with Gasteiger partial charge in [-0.3, -0.25) is 4.79 Å². The zero-order valence-corrected chi connectivity index (χ0v) is 14.7. The largest absolute Gasteiger partial charge is 0.508 e.